The Morgan fingerprint density at radius 3 is 2.63 bits per heavy atom. The summed E-state index contributed by atoms with van der Waals surface area (Å²) in [5.41, 5.74) is 3.11. The van der Waals surface area contributed by atoms with Gasteiger partial charge in [0.2, 0.25) is 0 Å². The minimum absolute atomic E-state index is 0.198. The largest absolute Gasteiger partial charge is 0.490 e. The van der Waals surface area contributed by atoms with Crippen LogP contribution in [0.1, 0.15) is 17.5 Å². The van der Waals surface area contributed by atoms with Crippen molar-refractivity contribution in [2.75, 3.05) is 19.8 Å². The Morgan fingerprint density at radius 1 is 1.04 bits per heavy atom. The molecule has 0 atom stereocenters. The standard InChI is InChI=1S/C20H18BrCl2NO3/c21-14-4-6-15(7-5-14)25-12-13-27-24-18-9-8-17-16(18)2-1-3-19(17)26-11-10-20(22)23/h1-7,10H,8-9,11-13H2/b24-18+. The number of nitrogens with zero attached hydrogens (tertiary/aromatic N) is 1. The summed E-state index contributed by atoms with van der Waals surface area (Å²) in [4.78, 5) is 5.44. The molecule has 0 aromatic heterocycles. The quantitative estimate of drug-likeness (QED) is 0.356. The Bertz CT molecular complexity index is 834. The summed E-state index contributed by atoms with van der Waals surface area (Å²) in [6.45, 7) is 1.14. The fourth-order valence-corrected chi connectivity index (χ4v) is 3.14. The summed E-state index contributed by atoms with van der Waals surface area (Å²) in [7, 11) is 0. The van der Waals surface area contributed by atoms with Gasteiger partial charge in [0.25, 0.3) is 0 Å². The first-order chi connectivity index (χ1) is 13.1. The van der Waals surface area contributed by atoms with E-state index < -0.39 is 0 Å². The van der Waals surface area contributed by atoms with Crippen molar-refractivity contribution in [3.8, 4) is 11.5 Å². The second-order valence-corrected chi connectivity index (χ2v) is 7.68. The van der Waals surface area contributed by atoms with Crippen LogP contribution in [0.5, 0.6) is 11.5 Å². The number of oxime groups is 1. The summed E-state index contributed by atoms with van der Waals surface area (Å²) in [5, 5.41) is 4.28. The van der Waals surface area contributed by atoms with E-state index in [9.17, 15) is 0 Å². The molecule has 2 aromatic carbocycles. The van der Waals surface area contributed by atoms with Crippen LogP contribution in [0.25, 0.3) is 0 Å². The highest BCUT2D eigenvalue weighted by atomic mass is 79.9. The maximum atomic E-state index is 5.74. The van der Waals surface area contributed by atoms with Crippen molar-refractivity contribution in [2.24, 2.45) is 5.16 Å². The number of benzene rings is 2. The van der Waals surface area contributed by atoms with Crippen LogP contribution in [0.2, 0.25) is 0 Å². The van der Waals surface area contributed by atoms with Crippen LogP contribution >= 0.6 is 39.1 Å². The molecule has 0 N–H and O–H groups in total. The third kappa shape index (κ3) is 5.89. The summed E-state index contributed by atoms with van der Waals surface area (Å²) >= 11 is 14.6. The van der Waals surface area contributed by atoms with Gasteiger partial charge in [0.05, 0.1) is 5.71 Å². The lowest BCUT2D eigenvalue weighted by Crippen LogP contribution is -2.06. The van der Waals surface area contributed by atoms with Gasteiger partial charge in [-0.25, -0.2) is 0 Å². The molecule has 1 aliphatic carbocycles. The van der Waals surface area contributed by atoms with E-state index in [0.717, 1.165) is 45.7 Å². The molecule has 0 saturated heterocycles. The fourth-order valence-electron chi connectivity index (χ4n) is 2.75. The van der Waals surface area contributed by atoms with Gasteiger partial charge in [-0.15, -0.1) is 0 Å². The Kier molecular flexibility index (Phi) is 7.44. The normalized spacial score (nSPS) is 14.0. The van der Waals surface area contributed by atoms with Crippen molar-refractivity contribution >= 4 is 44.8 Å². The smallest absolute Gasteiger partial charge is 0.151 e. The van der Waals surface area contributed by atoms with E-state index in [2.05, 4.69) is 21.1 Å². The Hall–Kier alpha value is -1.69. The molecule has 0 bridgehead atoms. The van der Waals surface area contributed by atoms with Crippen LogP contribution in [0.3, 0.4) is 0 Å². The summed E-state index contributed by atoms with van der Waals surface area (Å²) in [6, 6.07) is 13.6. The van der Waals surface area contributed by atoms with Crippen molar-refractivity contribution in [3.05, 3.63) is 68.6 Å². The molecule has 7 heteroatoms. The van der Waals surface area contributed by atoms with E-state index >= 15 is 0 Å². The molecular formula is C20H18BrCl2NO3. The molecule has 0 spiro atoms. The van der Waals surface area contributed by atoms with Crippen molar-refractivity contribution in [2.45, 2.75) is 12.8 Å². The molecule has 2 aromatic rings. The molecule has 3 rings (SSSR count). The lowest BCUT2D eigenvalue weighted by Gasteiger charge is -2.09. The summed E-state index contributed by atoms with van der Waals surface area (Å²) in [5.74, 6) is 1.62. The van der Waals surface area contributed by atoms with Crippen LogP contribution in [0, 0.1) is 0 Å². The summed E-state index contributed by atoms with van der Waals surface area (Å²) < 4.78 is 12.6. The molecule has 0 radical (unpaired) electrons. The van der Waals surface area contributed by atoms with Crippen molar-refractivity contribution < 1.29 is 14.3 Å². The van der Waals surface area contributed by atoms with Crippen LogP contribution < -0.4 is 9.47 Å². The van der Waals surface area contributed by atoms with Gasteiger partial charge < -0.3 is 14.3 Å². The van der Waals surface area contributed by atoms with Crippen LogP contribution in [-0.2, 0) is 11.3 Å². The second kappa shape index (κ2) is 10.0. The maximum absolute atomic E-state index is 5.74. The van der Waals surface area contributed by atoms with E-state index in [0.29, 0.717) is 19.8 Å². The van der Waals surface area contributed by atoms with E-state index in [1.165, 1.54) is 0 Å². The molecular weight excluding hydrogens is 453 g/mol. The Labute approximate surface area is 176 Å². The van der Waals surface area contributed by atoms with Gasteiger partial charge in [-0.05, 0) is 49.2 Å². The van der Waals surface area contributed by atoms with Crippen LogP contribution in [-0.4, -0.2) is 25.5 Å². The highest BCUT2D eigenvalue weighted by Crippen LogP contribution is 2.31. The first-order valence-electron chi connectivity index (χ1n) is 8.47. The van der Waals surface area contributed by atoms with Crippen molar-refractivity contribution in [3.63, 3.8) is 0 Å². The van der Waals surface area contributed by atoms with Gasteiger partial charge in [-0.1, -0.05) is 56.4 Å². The average Bonchev–Trinajstić information content (AvgIpc) is 3.07. The first-order valence-corrected chi connectivity index (χ1v) is 10.0. The average molecular weight is 471 g/mol. The monoisotopic (exact) mass is 469 g/mol. The lowest BCUT2D eigenvalue weighted by molar-refractivity contribution is 0.107. The molecule has 0 aliphatic heterocycles. The molecule has 1 aliphatic rings. The van der Waals surface area contributed by atoms with E-state index in [1.54, 1.807) is 6.08 Å². The number of rotatable bonds is 8. The fraction of sp³-hybridized carbons (Fsp3) is 0.250. The number of ether oxygens (including phenoxy) is 2. The highest BCUT2D eigenvalue weighted by molar-refractivity contribution is 9.10. The molecule has 4 nitrogen and oxygen atoms in total. The number of halogens is 3. The topological polar surface area (TPSA) is 40.0 Å². The minimum atomic E-state index is 0.198. The molecule has 142 valence electrons. The van der Waals surface area contributed by atoms with Gasteiger partial charge in [-0.2, -0.15) is 0 Å². The molecule has 0 saturated carbocycles. The zero-order valence-corrected chi connectivity index (χ0v) is 17.6. The predicted octanol–water partition coefficient (Wildman–Crippen LogP) is 5.89. The predicted molar refractivity (Wildman–Crippen MR) is 112 cm³/mol. The number of hydrogen-bond donors (Lipinski definition) is 0. The summed E-state index contributed by atoms with van der Waals surface area (Å²) in [6.07, 6.45) is 3.29. The SMILES string of the molecule is ClC(Cl)=CCOc1cccc2c1CC/C2=N\OCCOc1ccc(Br)cc1. The number of hydrogen-bond acceptors (Lipinski definition) is 4. The highest BCUT2D eigenvalue weighted by Gasteiger charge is 2.21. The van der Waals surface area contributed by atoms with Crippen LogP contribution in [0.15, 0.2) is 62.7 Å². The van der Waals surface area contributed by atoms with Gasteiger partial charge in [0, 0.05) is 15.6 Å². The van der Waals surface area contributed by atoms with Crippen molar-refractivity contribution in [1.29, 1.82) is 0 Å². The van der Waals surface area contributed by atoms with Gasteiger partial charge in [0.1, 0.15) is 29.2 Å². The molecule has 0 fully saturated rings. The van der Waals surface area contributed by atoms with Gasteiger partial charge in [-0.3, -0.25) is 0 Å². The minimum Gasteiger partial charge on any atom is -0.490 e. The van der Waals surface area contributed by atoms with Crippen LogP contribution in [0.4, 0.5) is 0 Å². The second-order valence-electron chi connectivity index (χ2n) is 5.76. The first kappa shape index (κ1) is 20.1. The van der Waals surface area contributed by atoms with E-state index in [1.807, 2.05) is 42.5 Å². The zero-order valence-electron chi connectivity index (χ0n) is 14.5. The zero-order chi connectivity index (χ0) is 19.1. The van der Waals surface area contributed by atoms with Crippen molar-refractivity contribution in [1.82, 2.24) is 0 Å². The van der Waals surface area contributed by atoms with E-state index in [-0.39, 0.29) is 4.49 Å². The lowest BCUT2D eigenvalue weighted by atomic mass is 10.1. The number of fused-ring (bicyclic) bond motifs is 1. The third-order valence-electron chi connectivity index (χ3n) is 3.96. The maximum Gasteiger partial charge on any atom is 0.151 e. The molecule has 0 unspecified atom stereocenters. The third-order valence-corrected chi connectivity index (χ3v) is 4.80. The van der Waals surface area contributed by atoms with Gasteiger partial charge in [0.15, 0.2) is 6.61 Å². The Morgan fingerprint density at radius 2 is 1.85 bits per heavy atom. The molecule has 0 heterocycles. The van der Waals surface area contributed by atoms with E-state index in [4.69, 9.17) is 37.5 Å². The molecule has 0 amide bonds. The van der Waals surface area contributed by atoms with Gasteiger partial charge >= 0.3 is 0 Å². The Balaban J connectivity index is 1.52. The molecule has 27 heavy (non-hydrogen) atoms.